The number of imidazole rings is 1. The number of ether oxygens (including phenoxy) is 3. The van der Waals surface area contributed by atoms with E-state index in [0.717, 1.165) is 46.9 Å². The van der Waals surface area contributed by atoms with Gasteiger partial charge in [-0.25, -0.2) is 19.9 Å². The zero-order valence-electron chi connectivity index (χ0n) is 19.4. The second kappa shape index (κ2) is 11.4. The van der Waals surface area contributed by atoms with Crippen molar-refractivity contribution in [3.05, 3.63) is 96.6 Å². The monoisotopic (exact) mass is 469 g/mol. The Bertz CT molecular complexity index is 1270. The number of aromatic nitrogens is 5. The maximum absolute atomic E-state index is 6.09. The van der Waals surface area contributed by atoms with E-state index in [1.807, 2.05) is 41.1 Å². The number of nitrogens with zero attached hydrogens (tertiary/aromatic N) is 5. The van der Waals surface area contributed by atoms with Gasteiger partial charge in [0.2, 0.25) is 5.88 Å². The van der Waals surface area contributed by atoms with Gasteiger partial charge >= 0.3 is 0 Å². The Hall–Kier alpha value is -4.04. The number of hydrogen-bond donors (Lipinski definition) is 0. The second-order valence-corrected chi connectivity index (χ2v) is 8.13. The number of hydrogen-bond acceptors (Lipinski definition) is 7. The normalized spacial score (nSPS) is 14.9. The summed E-state index contributed by atoms with van der Waals surface area (Å²) >= 11 is 0. The first-order valence-electron chi connectivity index (χ1n) is 11.7. The Balaban J connectivity index is 1.39. The SMILES string of the molecule is C1=C/COCc2cc(ccc2OCCn2ccnc2)Cc2nccc(n2)-c2ccnc(c2)OCC/1. The van der Waals surface area contributed by atoms with Crippen LogP contribution in [-0.4, -0.2) is 44.3 Å². The van der Waals surface area contributed by atoms with Gasteiger partial charge < -0.3 is 18.8 Å². The molecule has 8 nitrogen and oxygen atoms in total. The minimum absolute atomic E-state index is 0.449. The Morgan fingerprint density at radius 3 is 2.91 bits per heavy atom. The van der Waals surface area contributed by atoms with Gasteiger partial charge in [-0.3, -0.25) is 0 Å². The van der Waals surface area contributed by atoms with E-state index < -0.39 is 0 Å². The Labute approximate surface area is 204 Å². The molecule has 0 amide bonds. The molecule has 0 radical (unpaired) electrons. The molecule has 0 atom stereocenters. The van der Waals surface area contributed by atoms with Gasteiger partial charge in [-0.15, -0.1) is 0 Å². The van der Waals surface area contributed by atoms with Gasteiger partial charge in [-0.2, -0.15) is 0 Å². The number of pyridine rings is 1. The van der Waals surface area contributed by atoms with Gasteiger partial charge in [0.1, 0.15) is 18.2 Å². The summed E-state index contributed by atoms with van der Waals surface area (Å²) in [4.78, 5) is 17.7. The fraction of sp³-hybridized carbons (Fsp3) is 0.259. The highest BCUT2D eigenvalue weighted by Crippen LogP contribution is 2.24. The fourth-order valence-electron chi connectivity index (χ4n) is 3.81. The molecule has 3 aromatic heterocycles. The maximum Gasteiger partial charge on any atom is 0.213 e. The summed E-state index contributed by atoms with van der Waals surface area (Å²) < 4.78 is 19.8. The van der Waals surface area contributed by atoms with E-state index in [2.05, 4.69) is 33.2 Å². The van der Waals surface area contributed by atoms with Gasteiger partial charge in [-0.05, 0) is 36.2 Å². The van der Waals surface area contributed by atoms with Gasteiger partial charge in [0.05, 0.1) is 38.4 Å². The van der Waals surface area contributed by atoms with E-state index in [1.165, 1.54) is 0 Å². The lowest BCUT2D eigenvalue weighted by atomic mass is 10.1. The first-order valence-corrected chi connectivity index (χ1v) is 11.7. The van der Waals surface area contributed by atoms with Crippen LogP contribution in [0.3, 0.4) is 0 Å². The molecule has 5 rings (SSSR count). The minimum atomic E-state index is 0.449. The van der Waals surface area contributed by atoms with E-state index in [-0.39, 0.29) is 0 Å². The van der Waals surface area contributed by atoms with E-state index in [0.29, 0.717) is 38.7 Å². The minimum Gasteiger partial charge on any atom is -0.491 e. The molecule has 0 N–H and O–H groups in total. The van der Waals surface area contributed by atoms with E-state index in [4.69, 9.17) is 19.2 Å². The Kier molecular flexibility index (Phi) is 7.40. The maximum atomic E-state index is 6.09. The molecule has 1 aliphatic heterocycles. The van der Waals surface area contributed by atoms with Crippen molar-refractivity contribution in [3.63, 3.8) is 0 Å². The van der Waals surface area contributed by atoms with E-state index in [1.54, 1.807) is 24.9 Å². The summed E-state index contributed by atoms with van der Waals surface area (Å²) in [6, 6.07) is 11.9. The molecular weight excluding hydrogens is 442 g/mol. The summed E-state index contributed by atoms with van der Waals surface area (Å²) in [6.45, 7) is 2.77. The zero-order valence-corrected chi connectivity index (χ0v) is 19.4. The highest BCUT2D eigenvalue weighted by molar-refractivity contribution is 5.59. The number of fused-ring (bicyclic) bond motifs is 7. The van der Waals surface area contributed by atoms with Crippen molar-refractivity contribution in [3.8, 4) is 22.9 Å². The third-order valence-corrected chi connectivity index (χ3v) is 5.56. The largest absolute Gasteiger partial charge is 0.491 e. The van der Waals surface area contributed by atoms with Crippen LogP contribution in [0.25, 0.3) is 11.3 Å². The van der Waals surface area contributed by atoms with Crippen molar-refractivity contribution >= 4 is 0 Å². The van der Waals surface area contributed by atoms with Crippen LogP contribution < -0.4 is 9.47 Å². The molecule has 4 aromatic rings. The number of benzene rings is 1. The predicted molar refractivity (Wildman–Crippen MR) is 131 cm³/mol. The lowest BCUT2D eigenvalue weighted by Gasteiger charge is -2.14. The topological polar surface area (TPSA) is 84.2 Å². The van der Waals surface area contributed by atoms with Crippen molar-refractivity contribution in [2.45, 2.75) is 26.0 Å². The van der Waals surface area contributed by atoms with Crippen molar-refractivity contribution in [2.24, 2.45) is 0 Å². The summed E-state index contributed by atoms with van der Waals surface area (Å²) in [5.41, 5.74) is 3.89. The molecule has 35 heavy (non-hydrogen) atoms. The average molecular weight is 470 g/mol. The first kappa shape index (κ1) is 22.7. The predicted octanol–water partition coefficient (Wildman–Crippen LogP) is 4.26. The molecule has 0 fully saturated rings. The zero-order chi connectivity index (χ0) is 23.7. The van der Waals surface area contributed by atoms with E-state index >= 15 is 0 Å². The summed E-state index contributed by atoms with van der Waals surface area (Å²) in [6.07, 6.45) is 14.4. The molecule has 4 heterocycles. The average Bonchev–Trinajstić information content (AvgIpc) is 3.40. The van der Waals surface area contributed by atoms with Crippen LogP contribution in [-0.2, 0) is 24.3 Å². The second-order valence-electron chi connectivity index (χ2n) is 8.13. The van der Waals surface area contributed by atoms with E-state index in [9.17, 15) is 0 Å². The third-order valence-electron chi connectivity index (χ3n) is 5.56. The van der Waals surface area contributed by atoms with Gasteiger partial charge in [0.25, 0.3) is 0 Å². The van der Waals surface area contributed by atoms with Crippen molar-refractivity contribution < 1.29 is 14.2 Å². The highest BCUT2D eigenvalue weighted by Gasteiger charge is 2.10. The highest BCUT2D eigenvalue weighted by atomic mass is 16.5. The fourth-order valence-corrected chi connectivity index (χ4v) is 3.81. The van der Waals surface area contributed by atoms with Crippen LogP contribution in [0.5, 0.6) is 11.6 Å². The van der Waals surface area contributed by atoms with Crippen LogP contribution in [0, 0.1) is 0 Å². The molecule has 0 saturated carbocycles. The molecule has 1 aliphatic rings. The van der Waals surface area contributed by atoms with Gasteiger partial charge in [0, 0.05) is 48.4 Å². The molecular formula is C27H27N5O3. The van der Waals surface area contributed by atoms with Gasteiger partial charge in [0.15, 0.2) is 0 Å². The molecule has 178 valence electrons. The third kappa shape index (κ3) is 6.30. The smallest absolute Gasteiger partial charge is 0.213 e. The first-order chi connectivity index (χ1) is 17.3. The Morgan fingerprint density at radius 2 is 1.97 bits per heavy atom. The molecule has 0 saturated heterocycles. The van der Waals surface area contributed by atoms with Crippen LogP contribution in [0.15, 0.2) is 79.7 Å². The van der Waals surface area contributed by atoms with Crippen molar-refractivity contribution in [1.82, 2.24) is 24.5 Å². The lowest BCUT2D eigenvalue weighted by Crippen LogP contribution is -2.09. The Morgan fingerprint density at radius 1 is 1.00 bits per heavy atom. The molecule has 1 aromatic carbocycles. The van der Waals surface area contributed by atoms with Crippen molar-refractivity contribution in [1.29, 1.82) is 0 Å². The lowest BCUT2D eigenvalue weighted by molar-refractivity contribution is 0.144. The van der Waals surface area contributed by atoms with Crippen molar-refractivity contribution in [2.75, 3.05) is 19.8 Å². The van der Waals surface area contributed by atoms with Crippen LogP contribution in [0.2, 0.25) is 0 Å². The summed E-state index contributed by atoms with van der Waals surface area (Å²) in [5, 5.41) is 0. The standard InChI is InChI=1S/C27H27N5O3/c1-2-13-33-19-23-16-21(4-5-25(23)34-15-12-32-11-10-28-20-32)17-26-29-9-7-24(31-26)22-6-8-30-27(18-22)35-14-3-1/h1-2,4-11,16,18,20H,3,12-15,17,19H2/b2-1+. The van der Waals surface area contributed by atoms with Crippen LogP contribution >= 0.6 is 0 Å². The molecule has 8 heteroatoms. The molecule has 6 bridgehead atoms. The summed E-state index contributed by atoms with van der Waals surface area (Å²) in [5.74, 6) is 2.15. The number of rotatable bonds is 4. The summed E-state index contributed by atoms with van der Waals surface area (Å²) in [7, 11) is 0. The van der Waals surface area contributed by atoms with Gasteiger partial charge in [-0.1, -0.05) is 18.2 Å². The van der Waals surface area contributed by atoms with Crippen LogP contribution in [0.1, 0.15) is 23.4 Å². The molecule has 0 aliphatic carbocycles. The quantitative estimate of drug-likeness (QED) is 0.413. The molecule has 0 spiro atoms. The van der Waals surface area contributed by atoms with Crippen LogP contribution in [0.4, 0.5) is 0 Å². The molecule has 0 unspecified atom stereocenters.